The third-order valence-electron chi connectivity index (χ3n) is 5.32. The van der Waals surface area contributed by atoms with E-state index in [1.54, 1.807) is 27.6 Å². The number of hydrogen-bond donors (Lipinski definition) is 1. The molecule has 0 aromatic carbocycles. The Bertz CT molecular complexity index is 1270. The lowest BCUT2D eigenvalue weighted by molar-refractivity contribution is 0.0270. The van der Waals surface area contributed by atoms with Crippen LogP contribution in [0.5, 0.6) is 5.75 Å². The Balaban J connectivity index is 1.44. The van der Waals surface area contributed by atoms with Crippen LogP contribution in [0.15, 0.2) is 36.7 Å². The Morgan fingerprint density at radius 2 is 1.97 bits per heavy atom. The van der Waals surface area contributed by atoms with Crippen molar-refractivity contribution in [2.45, 2.75) is 46.6 Å². The van der Waals surface area contributed by atoms with Crippen molar-refractivity contribution in [1.29, 1.82) is 0 Å². The van der Waals surface area contributed by atoms with Crippen molar-refractivity contribution < 1.29 is 19.1 Å². The van der Waals surface area contributed by atoms with Crippen LogP contribution >= 0.6 is 0 Å². The number of carbonyl (C=O) groups is 2. The standard InChI is InChI=1S/C25H30N6O4/c1-6-34-20-13-22-26-16(2)14-31(22)15-18(20)23(32)27-21-8-7-19(28-29-21)17-9-11-30(12-10-17)24(33)35-25(3,4)5/h7-9,13-15H,6,10-12H2,1-5H3,(H,27,29,32). The quantitative estimate of drug-likeness (QED) is 0.587. The Labute approximate surface area is 204 Å². The van der Waals surface area contributed by atoms with Gasteiger partial charge in [0, 0.05) is 31.5 Å². The number of hydrogen-bond acceptors (Lipinski definition) is 7. The maximum Gasteiger partial charge on any atom is 0.410 e. The first kappa shape index (κ1) is 24.2. The van der Waals surface area contributed by atoms with Gasteiger partial charge in [-0.3, -0.25) is 4.79 Å². The zero-order valence-corrected chi connectivity index (χ0v) is 20.7. The molecule has 3 aromatic rings. The monoisotopic (exact) mass is 478 g/mol. The highest BCUT2D eigenvalue weighted by Crippen LogP contribution is 2.24. The van der Waals surface area contributed by atoms with Gasteiger partial charge in [0.25, 0.3) is 5.91 Å². The van der Waals surface area contributed by atoms with E-state index in [0.29, 0.717) is 54.6 Å². The van der Waals surface area contributed by atoms with Crippen LogP contribution in [0.2, 0.25) is 0 Å². The molecule has 4 rings (SSSR count). The summed E-state index contributed by atoms with van der Waals surface area (Å²) in [5, 5.41) is 11.2. The molecule has 4 heterocycles. The second kappa shape index (κ2) is 9.73. The maximum absolute atomic E-state index is 13.0. The normalized spacial score (nSPS) is 14.0. The number of carbonyl (C=O) groups excluding carboxylic acids is 2. The molecule has 0 saturated heterocycles. The van der Waals surface area contributed by atoms with Gasteiger partial charge in [0.1, 0.15) is 17.0 Å². The second-order valence-corrected chi connectivity index (χ2v) is 9.30. The summed E-state index contributed by atoms with van der Waals surface area (Å²) >= 11 is 0. The summed E-state index contributed by atoms with van der Waals surface area (Å²) in [5.74, 6) is 0.429. The van der Waals surface area contributed by atoms with Crippen LogP contribution in [0.4, 0.5) is 10.6 Å². The molecule has 10 nitrogen and oxygen atoms in total. The smallest absolute Gasteiger partial charge is 0.410 e. The summed E-state index contributed by atoms with van der Waals surface area (Å²) < 4.78 is 12.9. The zero-order chi connectivity index (χ0) is 25.2. The lowest BCUT2D eigenvalue weighted by Gasteiger charge is -2.29. The van der Waals surface area contributed by atoms with Crippen LogP contribution in [0.1, 0.15) is 55.9 Å². The van der Waals surface area contributed by atoms with Crippen LogP contribution < -0.4 is 10.1 Å². The highest BCUT2D eigenvalue weighted by atomic mass is 16.6. The van der Waals surface area contributed by atoms with Crippen LogP contribution in [0.25, 0.3) is 11.2 Å². The van der Waals surface area contributed by atoms with Crippen molar-refractivity contribution in [3.8, 4) is 5.75 Å². The van der Waals surface area contributed by atoms with Crippen molar-refractivity contribution in [1.82, 2.24) is 24.5 Å². The summed E-state index contributed by atoms with van der Waals surface area (Å²) in [5.41, 5.74) is 3.10. The molecular formula is C25H30N6O4. The maximum atomic E-state index is 13.0. The predicted octanol–water partition coefficient (Wildman–Crippen LogP) is 4.11. The SMILES string of the molecule is CCOc1cc2nc(C)cn2cc1C(=O)Nc1ccc(C2=CCN(C(=O)OC(C)(C)C)CC2)nn1. The Hall–Kier alpha value is -3.95. The fraction of sp³-hybridized carbons (Fsp3) is 0.400. The van der Waals surface area contributed by atoms with Crippen LogP contribution in [-0.4, -0.2) is 61.8 Å². The largest absolute Gasteiger partial charge is 0.493 e. The summed E-state index contributed by atoms with van der Waals surface area (Å²) in [6, 6.07) is 5.27. The predicted molar refractivity (Wildman–Crippen MR) is 131 cm³/mol. The van der Waals surface area contributed by atoms with E-state index >= 15 is 0 Å². The van der Waals surface area contributed by atoms with Gasteiger partial charge in [0.05, 0.1) is 23.6 Å². The van der Waals surface area contributed by atoms with Gasteiger partial charge in [-0.2, -0.15) is 0 Å². The number of rotatable bonds is 5. The molecule has 184 valence electrons. The van der Waals surface area contributed by atoms with E-state index in [4.69, 9.17) is 9.47 Å². The number of amides is 2. The Kier molecular flexibility index (Phi) is 6.72. The Morgan fingerprint density at radius 1 is 1.17 bits per heavy atom. The molecule has 0 unspecified atom stereocenters. The molecule has 1 N–H and O–H groups in total. The lowest BCUT2D eigenvalue weighted by Crippen LogP contribution is -2.39. The van der Waals surface area contributed by atoms with E-state index < -0.39 is 5.60 Å². The number of pyridine rings is 1. The van der Waals surface area contributed by atoms with Gasteiger partial charge >= 0.3 is 6.09 Å². The summed E-state index contributed by atoms with van der Waals surface area (Å²) in [6.45, 7) is 10.7. The minimum absolute atomic E-state index is 0.326. The molecule has 0 aliphatic carbocycles. The molecule has 3 aromatic heterocycles. The van der Waals surface area contributed by atoms with Crippen molar-refractivity contribution in [2.24, 2.45) is 0 Å². The van der Waals surface area contributed by atoms with E-state index in [1.807, 2.05) is 53.0 Å². The molecular weight excluding hydrogens is 448 g/mol. The third kappa shape index (κ3) is 5.76. The van der Waals surface area contributed by atoms with Gasteiger partial charge in [0.15, 0.2) is 5.82 Å². The van der Waals surface area contributed by atoms with Gasteiger partial charge in [-0.15, -0.1) is 10.2 Å². The fourth-order valence-corrected chi connectivity index (χ4v) is 3.74. The molecule has 0 spiro atoms. The van der Waals surface area contributed by atoms with E-state index in [9.17, 15) is 9.59 Å². The average Bonchev–Trinajstić information content (AvgIpc) is 3.17. The highest BCUT2D eigenvalue weighted by Gasteiger charge is 2.24. The first-order chi connectivity index (χ1) is 16.6. The summed E-state index contributed by atoms with van der Waals surface area (Å²) in [7, 11) is 0. The minimum Gasteiger partial charge on any atom is -0.493 e. The Morgan fingerprint density at radius 3 is 2.60 bits per heavy atom. The molecule has 0 saturated carbocycles. The topological polar surface area (TPSA) is 111 Å². The molecule has 1 aliphatic heterocycles. The number of fused-ring (bicyclic) bond motifs is 1. The number of imidazole rings is 1. The number of nitrogens with one attached hydrogen (secondary N) is 1. The average molecular weight is 479 g/mol. The van der Waals surface area contributed by atoms with E-state index in [1.165, 1.54) is 0 Å². The second-order valence-electron chi connectivity index (χ2n) is 9.30. The van der Waals surface area contributed by atoms with Gasteiger partial charge in [-0.05, 0) is 58.7 Å². The van der Waals surface area contributed by atoms with Crippen molar-refractivity contribution >= 4 is 29.0 Å². The van der Waals surface area contributed by atoms with Crippen molar-refractivity contribution in [3.05, 3.63) is 53.6 Å². The van der Waals surface area contributed by atoms with Gasteiger partial charge in [0.2, 0.25) is 0 Å². The minimum atomic E-state index is -0.528. The molecule has 1 aliphatic rings. The van der Waals surface area contributed by atoms with E-state index in [-0.39, 0.29) is 12.0 Å². The molecule has 0 radical (unpaired) electrons. The van der Waals surface area contributed by atoms with E-state index in [0.717, 1.165) is 11.3 Å². The summed E-state index contributed by atoms with van der Waals surface area (Å²) in [6.07, 6.45) is 5.81. The fourth-order valence-electron chi connectivity index (χ4n) is 3.74. The molecule has 0 fully saturated rings. The van der Waals surface area contributed by atoms with Gasteiger partial charge in [-0.1, -0.05) is 6.08 Å². The summed E-state index contributed by atoms with van der Waals surface area (Å²) in [4.78, 5) is 31.3. The van der Waals surface area contributed by atoms with Crippen molar-refractivity contribution in [2.75, 3.05) is 25.0 Å². The van der Waals surface area contributed by atoms with E-state index in [2.05, 4.69) is 20.5 Å². The van der Waals surface area contributed by atoms with Crippen LogP contribution in [0, 0.1) is 6.92 Å². The number of anilines is 1. The number of ether oxygens (including phenoxy) is 2. The van der Waals surface area contributed by atoms with Gasteiger partial charge < -0.3 is 24.1 Å². The molecule has 0 atom stereocenters. The number of nitrogens with zero attached hydrogens (tertiary/aromatic N) is 5. The molecule has 0 bridgehead atoms. The van der Waals surface area contributed by atoms with Crippen LogP contribution in [-0.2, 0) is 4.74 Å². The molecule has 35 heavy (non-hydrogen) atoms. The van der Waals surface area contributed by atoms with Gasteiger partial charge in [-0.25, -0.2) is 9.78 Å². The first-order valence-electron chi connectivity index (χ1n) is 11.6. The first-order valence-corrected chi connectivity index (χ1v) is 11.6. The molecule has 2 amide bonds. The highest BCUT2D eigenvalue weighted by molar-refractivity contribution is 6.05. The third-order valence-corrected chi connectivity index (χ3v) is 5.32. The number of aromatic nitrogens is 4. The number of aryl methyl sites for hydroxylation is 1. The lowest BCUT2D eigenvalue weighted by atomic mass is 10.0. The molecule has 10 heteroatoms. The van der Waals surface area contributed by atoms with Crippen molar-refractivity contribution in [3.63, 3.8) is 0 Å². The van der Waals surface area contributed by atoms with Crippen LogP contribution in [0.3, 0.4) is 0 Å². The zero-order valence-electron chi connectivity index (χ0n) is 20.7.